The third-order valence-electron chi connectivity index (χ3n) is 7.90. The molecule has 202 valence electrons. The highest BCUT2D eigenvalue weighted by molar-refractivity contribution is 5.88. The number of likely N-dealkylation sites (tertiary alicyclic amines) is 1. The number of carbonyl (C=O) groups is 1. The summed E-state index contributed by atoms with van der Waals surface area (Å²) < 4.78 is 54.3. The van der Waals surface area contributed by atoms with Gasteiger partial charge in [0.15, 0.2) is 0 Å². The van der Waals surface area contributed by atoms with Gasteiger partial charge in [0.05, 0.1) is 6.10 Å². The average Bonchev–Trinajstić information content (AvgIpc) is 2.89. The molecule has 0 aromatic heterocycles. The summed E-state index contributed by atoms with van der Waals surface area (Å²) in [6.45, 7) is 3.76. The van der Waals surface area contributed by atoms with Gasteiger partial charge in [0, 0.05) is 38.2 Å². The Morgan fingerprint density at radius 2 is 1.76 bits per heavy atom. The molecule has 2 N–H and O–H groups in total. The molecular weight excluding hydrogens is 485 g/mol. The zero-order valence-electron chi connectivity index (χ0n) is 21.3. The van der Waals surface area contributed by atoms with E-state index in [4.69, 9.17) is 9.47 Å². The van der Waals surface area contributed by atoms with Crippen molar-refractivity contribution >= 4 is 5.91 Å². The zero-order valence-corrected chi connectivity index (χ0v) is 21.3. The van der Waals surface area contributed by atoms with Crippen LogP contribution >= 0.6 is 0 Å². The van der Waals surface area contributed by atoms with Crippen molar-refractivity contribution in [3.05, 3.63) is 65.7 Å². The van der Waals surface area contributed by atoms with Crippen molar-refractivity contribution in [1.29, 1.82) is 0 Å². The topological polar surface area (TPSA) is 71.0 Å². The predicted octanol–water partition coefficient (Wildman–Crippen LogP) is 4.24. The molecule has 2 saturated heterocycles. The monoisotopic (exact) mass is 520 g/mol. The van der Waals surface area contributed by atoms with Crippen molar-refractivity contribution in [1.82, 2.24) is 10.2 Å². The summed E-state index contributed by atoms with van der Waals surface area (Å²) in [6, 6.07) is 14.9. The first-order valence-corrected chi connectivity index (χ1v) is 12.7. The number of para-hydroxylation sites is 1. The van der Waals surface area contributed by atoms with Gasteiger partial charge in [0.1, 0.15) is 12.4 Å². The summed E-state index contributed by atoms with van der Waals surface area (Å²) in [6.07, 6.45) is -3.55. The van der Waals surface area contributed by atoms with Crippen molar-refractivity contribution in [2.24, 2.45) is 5.41 Å². The highest BCUT2D eigenvalue weighted by Gasteiger charge is 2.64. The molecule has 2 aromatic carbocycles. The van der Waals surface area contributed by atoms with Crippen LogP contribution in [0.25, 0.3) is 0 Å². The van der Waals surface area contributed by atoms with Crippen LogP contribution < -0.4 is 10.1 Å². The van der Waals surface area contributed by atoms with Crippen LogP contribution in [0.1, 0.15) is 43.2 Å². The van der Waals surface area contributed by atoms with Crippen molar-refractivity contribution in [3.63, 3.8) is 0 Å². The van der Waals surface area contributed by atoms with Crippen molar-refractivity contribution in [2.45, 2.75) is 50.0 Å². The van der Waals surface area contributed by atoms with Crippen LogP contribution in [0.4, 0.5) is 13.2 Å². The molecule has 37 heavy (non-hydrogen) atoms. The van der Waals surface area contributed by atoms with Gasteiger partial charge in [-0.15, -0.1) is 0 Å². The standard InChI is InChI=1S/C28H35F3N2O4/c1-20(34)19-37-24-11-7-6-10-22(24)23-18-32-15-12-26(23)13-16-33(17-14-26)25(35)27(36-2,28(29,30)31)21-8-4-3-5-9-21/h3-11,20,23,32,34H,12-19H2,1-2H3/t20-,23?,27+/m0/s1. The maximum Gasteiger partial charge on any atom is 0.430 e. The molecule has 2 aliphatic heterocycles. The summed E-state index contributed by atoms with van der Waals surface area (Å²) >= 11 is 0. The highest BCUT2D eigenvalue weighted by atomic mass is 19.4. The maximum atomic E-state index is 14.5. The molecule has 0 bridgehead atoms. The van der Waals surface area contributed by atoms with Gasteiger partial charge < -0.3 is 24.8 Å². The van der Waals surface area contributed by atoms with E-state index in [0.29, 0.717) is 25.1 Å². The molecule has 1 amide bonds. The lowest BCUT2D eigenvalue weighted by Crippen LogP contribution is -2.59. The number of hydrogen-bond acceptors (Lipinski definition) is 5. The SMILES string of the molecule is CO[C@@](C(=O)N1CCC2(CCNCC2c2ccccc2OC[C@H](C)O)CC1)(c1ccccc1)C(F)(F)F. The number of nitrogens with one attached hydrogen (secondary N) is 1. The van der Waals surface area contributed by atoms with Crippen LogP contribution in [-0.2, 0) is 15.1 Å². The number of benzene rings is 2. The molecule has 2 fully saturated rings. The summed E-state index contributed by atoms with van der Waals surface area (Å²) in [4.78, 5) is 14.9. The number of aliphatic hydroxyl groups excluding tert-OH is 1. The fourth-order valence-corrected chi connectivity index (χ4v) is 5.90. The van der Waals surface area contributed by atoms with E-state index in [9.17, 15) is 23.1 Å². The molecule has 0 aliphatic carbocycles. The smallest absolute Gasteiger partial charge is 0.430 e. The molecule has 9 heteroatoms. The third kappa shape index (κ3) is 5.22. The van der Waals surface area contributed by atoms with Gasteiger partial charge in [0.25, 0.3) is 11.5 Å². The molecule has 3 atom stereocenters. The number of piperidine rings is 2. The van der Waals surface area contributed by atoms with Crippen LogP contribution in [0.5, 0.6) is 5.75 Å². The van der Waals surface area contributed by atoms with Crippen LogP contribution in [0, 0.1) is 5.41 Å². The molecule has 4 rings (SSSR count). The molecule has 1 spiro atoms. The second kappa shape index (κ2) is 11.0. The molecule has 2 aromatic rings. The Balaban J connectivity index is 1.59. The Bertz CT molecular complexity index is 1050. The number of amides is 1. The van der Waals surface area contributed by atoms with E-state index >= 15 is 0 Å². The van der Waals surface area contributed by atoms with E-state index in [1.165, 1.54) is 29.2 Å². The number of alkyl halides is 3. The minimum Gasteiger partial charge on any atom is -0.491 e. The lowest BCUT2D eigenvalue weighted by atomic mass is 9.62. The third-order valence-corrected chi connectivity index (χ3v) is 7.90. The van der Waals surface area contributed by atoms with E-state index in [2.05, 4.69) is 5.32 Å². The number of aliphatic hydroxyl groups is 1. The Morgan fingerprint density at radius 1 is 1.11 bits per heavy atom. The summed E-state index contributed by atoms with van der Waals surface area (Å²) in [5.74, 6) is -0.308. The first kappa shape index (κ1) is 27.4. The molecule has 0 saturated carbocycles. The molecule has 6 nitrogen and oxygen atoms in total. The van der Waals surface area contributed by atoms with Crippen molar-refractivity contribution in [3.8, 4) is 5.75 Å². The predicted molar refractivity (Wildman–Crippen MR) is 133 cm³/mol. The van der Waals surface area contributed by atoms with E-state index in [1.54, 1.807) is 13.0 Å². The van der Waals surface area contributed by atoms with Crippen LogP contribution in [0.3, 0.4) is 0 Å². The van der Waals surface area contributed by atoms with Crippen LogP contribution in [-0.4, -0.2) is 68.1 Å². The largest absolute Gasteiger partial charge is 0.491 e. The van der Waals surface area contributed by atoms with Crippen LogP contribution in [0.15, 0.2) is 54.6 Å². The van der Waals surface area contributed by atoms with Gasteiger partial charge >= 0.3 is 6.18 Å². The van der Waals surface area contributed by atoms with E-state index < -0.39 is 23.8 Å². The number of nitrogens with zero attached hydrogens (tertiary/aromatic N) is 1. The Labute approximate surface area is 215 Å². The minimum atomic E-state index is -4.92. The number of methoxy groups -OCH3 is 1. The number of carbonyl (C=O) groups excluding carboxylic acids is 1. The van der Waals surface area contributed by atoms with E-state index in [0.717, 1.165) is 25.6 Å². The second-order valence-electron chi connectivity index (χ2n) is 10.1. The minimum absolute atomic E-state index is 0.0626. The zero-order chi connectivity index (χ0) is 26.7. The van der Waals surface area contributed by atoms with Crippen molar-refractivity contribution in [2.75, 3.05) is 39.9 Å². The van der Waals surface area contributed by atoms with Gasteiger partial charge in [-0.3, -0.25) is 4.79 Å². The molecule has 2 heterocycles. The molecule has 0 radical (unpaired) electrons. The molecule has 2 aliphatic rings. The van der Waals surface area contributed by atoms with Gasteiger partial charge in [-0.05, 0) is 49.8 Å². The highest BCUT2D eigenvalue weighted by Crippen LogP contribution is 2.51. The maximum absolute atomic E-state index is 14.5. The number of halogens is 3. The first-order chi connectivity index (χ1) is 17.6. The normalized spacial score (nSPS) is 22.3. The Kier molecular flexibility index (Phi) is 8.16. The quantitative estimate of drug-likeness (QED) is 0.572. The summed E-state index contributed by atoms with van der Waals surface area (Å²) in [7, 11) is 0.941. The number of hydrogen-bond donors (Lipinski definition) is 2. The van der Waals surface area contributed by atoms with E-state index in [1.807, 2.05) is 24.3 Å². The lowest BCUT2D eigenvalue weighted by Gasteiger charge is -2.51. The number of ether oxygens (including phenoxy) is 2. The summed E-state index contributed by atoms with van der Waals surface area (Å²) in [5, 5.41) is 13.2. The number of rotatable bonds is 7. The Morgan fingerprint density at radius 3 is 2.38 bits per heavy atom. The lowest BCUT2D eigenvalue weighted by molar-refractivity contribution is -0.271. The second-order valence-corrected chi connectivity index (χ2v) is 10.1. The fraction of sp³-hybridized carbons (Fsp3) is 0.536. The van der Waals surface area contributed by atoms with Crippen molar-refractivity contribution < 1.29 is 32.5 Å². The van der Waals surface area contributed by atoms with Gasteiger partial charge in [-0.2, -0.15) is 13.2 Å². The Hall–Kier alpha value is -2.62. The molecule has 1 unspecified atom stereocenters. The molecular formula is C28H35F3N2O4. The van der Waals surface area contributed by atoms with Crippen LogP contribution in [0.2, 0.25) is 0 Å². The van der Waals surface area contributed by atoms with Gasteiger partial charge in [0.2, 0.25) is 0 Å². The van der Waals surface area contributed by atoms with Gasteiger partial charge in [-0.1, -0.05) is 48.5 Å². The van der Waals surface area contributed by atoms with Gasteiger partial charge in [-0.25, -0.2) is 0 Å². The fourth-order valence-electron chi connectivity index (χ4n) is 5.90. The van der Waals surface area contributed by atoms with E-state index in [-0.39, 0.29) is 36.6 Å². The first-order valence-electron chi connectivity index (χ1n) is 12.7. The average molecular weight is 521 g/mol. The summed E-state index contributed by atoms with van der Waals surface area (Å²) in [5.41, 5.74) is -2.44.